The molecule has 5 heteroatoms. The normalized spacial score (nSPS) is 27.1. The minimum absolute atomic E-state index is 0.0618. The summed E-state index contributed by atoms with van der Waals surface area (Å²) in [7, 11) is 0. The third kappa shape index (κ3) is 2.23. The van der Waals surface area contributed by atoms with Gasteiger partial charge in [0, 0.05) is 18.8 Å². The molecule has 0 aromatic heterocycles. The van der Waals surface area contributed by atoms with Crippen molar-refractivity contribution in [2.75, 3.05) is 6.61 Å². The van der Waals surface area contributed by atoms with E-state index in [4.69, 9.17) is 4.74 Å². The van der Waals surface area contributed by atoms with Crippen molar-refractivity contribution in [3.63, 3.8) is 0 Å². The highest BCUT2D eigenvalue weighted by Gasteiger charge is 2.44. The third-order valence-corrected chi connectivity index (χ3v) is 2.97. The summed E-state index contributed by atoms with van der Waals surface area (Å²) < 4.78 is 4.80. The summed E-state index contributed by atoms with van der Waals surface area (Å²) >= 11 is 0. The molecule has 1 fully saturated rings. The lowest BCUT2D eigenvalue weighted by Gasteiger charge is -2.22. The number of carbonyl (C=O) groups is 3. The standard InChI is InChI=1S/C11H17NO4/c1-6(5-16-9(4)13)12-10(14)7(2)8(3)11(12)15/h6-8H,5H2,1-4H3/t6-,7-,8+/m0/s1. The van der Waals surface area contributed by atoms with Crippen LogP contribution >= 0.6 is 0 Å². The first-order chi connectivity index (χ1) is 7.36. The maximum absolute atomic E-state index is 11.8. The molecule has 1 aliphatic rings. The Balaban J connectivity index is 2.69. The number of ether oxygens (including phenoxy) is 1. The number of nitrogens with zero attached hydrogens (tertiary/aromatic N) is 1. The molecule has 0 spiro atoms. The Hall–Kier alpha value is -1.39. The van der Waals surface area contributed by atoms with Crippen molar-refractivity contribution in [1.29, 1.82) is 0 Å². The molecular weight excluding hydrogens is 210 g/mol. The second-order valence-corrected chi connectivity index (χ2v) is 4.28. The molecule has 0 N–H and O–H groups in total. The highest BCUT2D eigenvalue weighted by molar-refractivity contribution is 6.05. The molecule has 0 saturated carbocycles. The van der Waals surface area contributed by atoms with Gasteiger partial charge in [-0.2, -0.15) is 0 Å². The molecule has 0 radical (unpaired) electrons. The highest BCUT2D eigenvalue weighted by atomic mass is 16.5. The summed E-state index contributed by atoms with van der Waals surface area (Å²) in [5.74, 6) is -1.35. The summed E-state index contributed by atoms with van der Waals surface area (Å²) in [6.45, 7) is 6.54. The van der Waals surface area contributed by atoms with E-state index in [0.717, 1.165) is 0 Å². The van der Waals surface area contributed by atoms with Crippen LogP contribution in [0.3, 0.4) is 0 Å². The zero-order valence-electron chi connectivity index (χ0n) is 10.0. The van der Waals surface area contributed by atoms with Crippen LogP contribution in [-0.4, -0.2) is 35.3 Å². The molecule has 90 valence electrons. The summed E-state index contributed by atoms with van der Waals surface area (Å²) in [4.78, 5) is 35.4. The third-order valence-electron chi connectivity index (χ3n) is 2.97. The molecule has 5 nitrogen and oxygen atoms in total. The van der Waals surface area contributed by atoms with Gasteiger partial charge in [0.2, 0.25) is 11.8 Å². The average Bonchev–Trinajstić information content (AvgIpc) is 2.40. The maximum atomic E-state index is 11.8. The van der Waals surface area contributed by atoms with Gasteiger partial charge < -0.3 is 4.74 Å². The summed E-state index contributed by atoms with van der Waals surface area (Å²) in [5, 5.41) is 0. The molecule has 3 atom stereocenters. The topological polar surface area (TPSA) is 63.7 Å². The minimum Gasteiger partial charge on any atom is -0.464 e. The lowest BCUT2D eigenvalue weighted by molar-refractivity contribution is -0.150. The van der Waals surface area contributed by atoms with Crippen LogP contribution in [0.15, 0.2) is 0 Å². The Morgan fingerprint density at radius 3 is 2.12 bits per heavy atom. The van der Waals surface area contributed by atoms with E-state index in [1.807, 2.05) is 0 Å². The Morgan fingerprint density at radius 1 is 1.31 bits per heavy atom. The smallest absolute Gasteiger partial charge is 0.302 e. The molecule has 16 heavy (non-hydrogen) atoms. The zero-order chi connectivity index (χ0) is 12.5. The predicted octanol–water partition coefficient (Wildman–Crippen LogP) is 0.579. The van der Waals surface area contributed by atoms with Gasteiger partial charge in [-0.05, 0) is 6.92 Å². The van der Waals surface area contributed by atoms with E-state index >= 15 is 0 Å². The fraction of sp³-hybridized carbons (Fsp3) is 0.727. The maximum Gasteiger partial charge on any atom is 0.302 e. The van der Waals surface area contributed by atoms with Crippen LogP contribution in [-0.2, 0) is 19.1 Å². The van der Waals surface area contributed by atoms with E-state index in [1.165, 1.54) is 11.8 Å². The van der Waals surface area contributed by atoms with Crippen LogP contribution < -0.4 is 0 Å². The second kappa shape index (κ2) is 4.63. The van der Waals surface area contributed by atoms with Crippen molar-refractivity contribution in [2.24, 2.45) is 11.8 Å². The van der Waals surface area contributed by atoms with Crippen molar-refractivity contribution in [3.8, 4) is 0 Å². The summed E-state index contributed by atoms with van der Waals surface area (Å²) in [5.41, 5.74) is 0. The van der Waals surface area contributed by atoms with Gasteiger partial charge in [-0.25, -0.2) is 0 Å². The van der Waals surface area contributed by atoms with E-state index in [1.54, 1.807) is 20.8 Å². The molecule has 1 heterocycles. The van der Waals surface area contributed by atoms with Crippen LogP contribution in [0.25, 0.3) is 0 Å². The van der Waals surface area contributed by atoms with Crippen molar-refractivity contribution in [3.05, 3.63) is 0 Å². The first-order valence-corrected chi connectivity index (χ1v) is 5.36. The molecule has 0 aromatic rings. The van der Waals surface area contributed by atoms with Gasteiger partial charge in [0.05, 0.1) is 6.04 Å². The molecule has 2 amide bonds. The van der Waals surface area contributed by atoms with Gasteiger partial charge in [0.1, 0.15) is 6.61 Å². The number of imide groups is 1. The SMILES string of the molecule is CC(=O)OC[C@H](C)N1C(=O)[C@@H](C)[C@@H](C)C1=O. The number of amides is 2. The van der Waals surface area contributed by atoms with Crippen LogP contribution in [0, 0.1) is 11.8 Å². The monoisotopic (exact) mass is 227 g/mol. The predicted molar refractivity (Wildman–Crippen MR) is 56.3 cm³/mol. The summed E-state index contributed by atoms with van der Waals surface area (Å²) in [6.07, 6.45) is 0. The number of carbonyl (C=O) groups excluding carboxylic acids is 3. The van der Waals surface area contributed by atoms with Crippen LogP contribution in [0.5, 0.6) is 0 Å². The molecule has 0 aliphatic carbocycles. The van der Waals surface area contributed by atoms with Crippen LogP contribution in [0.1, 0.15) is 27.7 Å². The van der Waals surface area contributed by atoms with E-state index in [2.05, 4.69) is 0 Å². The van der Waals surface area contributed by atoms with E-state index < -0.39 is 12.0 Å². The largest absolute Gasteiger partial charge is 0.464 e. The van der Waals surface area contributed by atoms with Crippen molar-refractivity contribution >= 4 is 17.8 Å². The van der Waals surface area contributed by atoms with Gasteiger partial charge >= 0.3 is 5.97 Å². The Bertz CT molecular complexity index is 306. The molecular formula is C11H17NO4. The molecule has 0 aromatic carbocycles. The molecule has 1 aliphatic heterocycles. The second-order valence-electron chi connectivity index (χ2n) is 4.28. The Kier molecular flexibility index (Phi) is 3.67. The molecule has 1 rings (SSSR count). The van der Waals surface area contributed by atoms with Crippen molar-refractivity contribution in [1.82, 2.24) is 4.90 Å². The minimum atomic E-state index is -0.410. The van der Waals surface area contributed by atoms with E-state index in [0.29, 0.717) is 0 Å². The van der Waals surface area contributed by atoms with Gasteiger partial charge in [-0.3, -0.25) is 19.3 Å². The fourth-order valence-electron chi connectivity index (χ4n) is 1.72. The fourth-order valence-corrected chi connectivity index (χ4v) is 1.72. The lowest BCUT2D eigenvalue weighted by atomic mass is 10.00. The molecule has 0 bridgehead atoms. The van der Waals surface area contributed by atoms with Gasteiger partial charge in [0.25, 0.3) is 0 Å². The van der Waals surface area contributed by atoms with Crippen molar-refractivity contribution in [2.45, 2.75) is 33.7 Å². The zero-order valence-corrected chi connectivity index (χ0v) is 10.0. The van der Waals surface area contributed by atoms with E-state index in [9.17, 15) is 14.4 Å². The number of rotatable bonds is 3. The molecule has 1 saturated heterocycles. The van der Waals surface area contributed by atoms with Gasteiger partial charge in [-0.1, -0.05) is 13.8 Å². The quantitative estimate of drug-likeness (QED) is 0.522. The van der Waals surface area contributed by atoms with Crippen LogP contribution in [0.2, 0.25) is 0 Å². The average molecular weight is 227 g/mol. The van der Waals surface area contributed by atoms with Gasteiger partial charge in [-0.15, -0.1) is 0 Å². The van der Waals surface area contributed by atoms with Gasteiger partial charge in [0.15, 0.2) is 0 Å². The molecule has 0 unspecified atom stereocenters. The number of hydrogen-bond acceptors (Lipinski definition) is 4. The van der Waals surface area contributed by atoms with Crippen LogP contribution in [0.4, 0.5) is 0 Å². The highest BCUT2D eigenvalue weighted by Crippen LogP contribution is 2.27. The van der Waals surface area contributed by atoms with E-state index in [-0.39, 0.29) is 30.3 Å². The first-order valence-electron chi connectivity index (χ1n) is 5.36. The number of esters is 1. The summed E-state index contributed by atoms with van der Waals surface area (Å²) in [6, 6.07) is -0.392. The Morgan fingerprint density at radius 2 is 1.75 bits per heavy atom. The Labute approximate surface area is 94.7 Å². The number of likely N-dealkylation sites (tertiary alicyclic amines) is 1. The van der Waals surface area contributed by atoms with Crippen molar-refractivity contribution < 1.29 is 19.1 Å². The first kappa shape index (κ1) is 12.7. The lowest BCUT2D eigenvalue weighted by Crippen LogP contribution is -2.41. The number of hydrogen-bond donors (Lipinski definition) is 0.